The molecule has 0 aliphatic heterocycles. The monoisotopic (exact) mass is 266 g/mol. The maximum atomic E-state index is 2.24. The number of rotatable bonds is 0. The largest absolute Gasteiger partial charge is 0.0776 e. The highest BCUT2D eigenvalue weighted by molar-refractivity contribution is 5.21. The van der Waals surface area contributed by atoms with Gasteiger partial charge in [0, 0.05) is 0 Å². The molecule has 0 aliphatic rings. The summed E-state index contributed by atoms with van der Waals surface area (Å²) in [6.07, 6.45) is 1.27. The molecular formula is C19H38. The molecule has 0 fully saturated rings. The molecule has 0 nitrogen and oxygen atoms in total. The first-order valence-electron chi connectivity index (χ1n) is 7.22. The molecule has 0 radical (unpaired) electrons. The molecule has 0 heteroatoms. The third-order valence-corrected chi connectivity index (χ3v) is 2.70. The van der Waals surface area contributed by atoms with Crippen molar-refractivity contribution in [1.29, 1.82) is 0 Å². The fourth-order valence-electron chi connectivity index (χ4n) is 0.938. The first-order chi connectivity index (χ1) is 8.17. The summed E-state index contributed by atoms with van der Waals surface area (Å²) in [5.74, 6) is 0. The highest BCUT2D eigenvalue weighted by Gasteiger charge is 2.11. The lowest BCUT2D eigenvalue weighted by Gasteiger charge is -2.18. The van der Waals surface area contributed by atoms with Crippen molar-refractivity contribution < 1.29 is 0 Å². The first kappa shape index (κ1) is 23.3. The predicted octanol–water partition coefficient (Wildman–Crippen LogP) is 7.09. The number of hydrogen-bond acceptors (Lipinski definition) is 0. The highest BCUT2D eigenvalue weighted by atomic mass is 14.2. The molecule has 1 rings (SSSR count). The first-order valence-corrected chi connectivity index (χ1v) is 7.22. The van der Waals surface area contributed by atoms with Crippen molar-refractivity contribution in [3.8, 4) is 0 Å². The summed E-state index contributed by atoms with van der Waals surface area (Å²) in [6.45, 7) is 19.6. The van der Waals surface area contributed by atoms with Crippen LogP contribution in [0.1, 0.15) is 81.7 Å². The average molecular weight is 267 g/mol. The van der Waals surface area contributed by atoms with Crippen LogP contribution in [0.3, 0.4) is 0 Å². The second-order valence-corrected chi connectivity index (χ2v) is 6.53. The molecule has 0 bridgehead atoms. The molecule has 1 aromatic carbocycles. The summed E-state index contributed by atoms with van der Waals surface area (Å²) in [6, 6.07) is 10.6. The minimum Gasteiger partial charge on any atom is -0.0776 e. The van der Waals surface area contributed by atoms with Crippen molar-refractivity contribution >= 4 is 0 Å². The Kier molecular flexibility index (Phi) is 13.6. The van der Waals surface area contributed by atoms with Crippen LogP contribution in [0.5, 0.6) is 0 Å². The Hall–Kier alpha value is -0.780. The summed E-state index contributed by atoms with van der Waals surface area (Å²) in [7, 11) is 0. The van der Waals surface area contributed by atoms with E-state index in [9.17, 15) is 0 Å². The molecule has 0 unspecified atom stereocenters. The van der Waals surface area contributed by atoms with Gasteiger partial charge in [-0.1, -0.05) is 106 Å². The van der Waals surface area contributed by atoms with Crippen LogP contribution in [0.4, 0.5) is 0 Å². The van der Waals surface area contributed by atoms with E-state index in [0.717, 1.165) is 0 Å². The van der Waals surface area contributed by atoms with E-state index >= 15 is 0 Å². The third kappa shape index (κ3) is 15.2. The molecule has 0 aromatic heterocycles. The SMILES string of the molecule is C.CC.CC(C)(C)c1ccccc1.CCC(C)(C)C. The molecule has 0 aliphatic carbocycles. The van der Waals surface area contributed by atoms with Gasteiger partial charge in [0.15, 0.2) is 0 Å². The number of benzene rings is 1. The van der Waals surface area contributed by atoms with Gasteiger partial charge in [-0.05, 0) is 16.4 Å². The maximum Gasteiger partial charge on any atom is -0.0132 e. The Morgan fingerprint density at radius 3 is 1.26 bits per heavy atom. The molecule has 114 valence electrons. The van der Waals surface area contributed by atoms with E-state index in [2.05, 4.69) is 78.8 Å². The maximum absolute atomic E-state index is 2.24. The molecule has 0 saturated carbocycles. The van der Waals surface area contributed by atoms with Gasteiger partial charge in [-0.2, -0.15) is 0 Å². The smallest absolute Gasteiger partial charge is 0.0132 e. The van der Waals surface area contributed by atoms with Crippen molar-refractivity contribution in [2.75, 3.05) is 0 Å². The zero-order chi connectivity index (χ0) is 14.8. The van der Waals surface area contributed by atoms with Crippen molar-refractivity contribution in [3.05, 3.63) is 35.9 Å². The van der Waals surface area contributed by atoms with Gasteiger partial charge in [0.05, 0.1) is 0 Å². The van der Waals surface area contributed by atoms with E-state index in [1.165, 1.54) is 12.0 Å². The van der Waals surface area contributed by atoms with E-state index in [0.29, 0.717) is 10.8 Å². The molecular weight excluding hydrogens is 228 g/mol. The van der Waals surface area contributed by atoms with Crippen LogP contribution in [-0.4, -0.2) is 0 Å². The minimum absolute atomic E-state index is 0. The summed E-state index contributed by atoms with van der Waals surface area (Å²) in [4.78, 5) is 0. The van der Waals surface area contributed by atoms with E-state index < -0.39 is 0 Å². The van der Waals surface area contributed by atoms with Crippen LogP contribution < -0.4 is 0 Å². The Morgan fingerprint density at radius 1 is 0.789 bits per heavy atom. The van der Waals surface area contributed by atoms with Crippen molar-refractivity contribution in [3.63, 3.8) is 0 Å². The normalized spacial score (nSPS) is 10.2. The van der Waals surface area contributed by atoms with E-state index in [4.69, 9.17) is 0 Å². The second kappa shape index (κ2) is 11.1. The van der Waals surface area contributed by atoms with E-state index in [-0.39, 0.29) is 7.43 Å². The fraction of sp³-hybridized carbons (Fsp3) is 0.684. The van der Waals surface area contributed by atoms with Crippen LogP contribution in [0.2, 0.25) is 0 Å². The second-order valence-electron chi connectivity index (χ2n) is 6.53. The molecule has 1 aromatic rings. The molecule has 0 amide bonds. The van der Waals surface area contributed by atoms with Crippen molar-refractivity contribution in [1.82, 2.24) is 0 Å². The predicted molar refractivity (Wildman–Crippen MR) is 93.0 cm³/mol. The van der Waals surface area contributed by atoms with Crippen LogP contribution >= 0.6 is 0 Å². The van der Waals surface area contributed by atoms with Gasteiger partial charge in [-0.3, -0.25) is 0 Å². The summed E-state index contributed by atoms with van der Waals surface area (Å²) in [5, 5.41) is 0. The molecule has 0 heterocycles. The van der Waals surface area contributed by atoms with Gasteiger partial charge < -0.3 is 0 Å². The van der Waals surface area contributed by atoms with E-state index in [1.807, 2.05) is 13.8 Å². The van der Waals surface area contributed by atoms with Crippen LogP contribution in [0.15, 0.2) is 30.3 Å². The highest BCUT2D eigenvalue weighted by Crippen LogP contribution is 2.20. The Morgan fingerprint density at radius 2 is 1.11 bits per heavy atom. The third-order valence-electron chi connectivity index (χ3n) is 2.70. The molecule has 0 saturated heterocycles. The van der Waals surface area contributed by atoms with Gasteiger partial charge in [-0.25, -0.2) is 0 Å². The summed E-state index contributed by atoms with van der Waals surface area (Å²) in [5.41, 5.74) is 2.23. The van der Waals surface area contributed by atoms with Gasteiger partial charge in [-0.15, -0.1) is 0 Å². The van der Waals surface area contributed by atoms with Gasteiger partial charge in [0.1, 0.15) is 0 Å². The van der Waals surface area contributed by atoms with Gasteiger partial charge in [0.2, 0.25) is 0 Å². The zero-order valence-corrected chi connectivity index (χ0v) is 14.1. The van der Waals surface area contributed by atoms with E-state index in [1.54, 1.807) is 0 Å². The summed E-state index contributed by atoms with van der Waals surface area (Å²) >= 11 is 0. The van der Waals surface area contributed by atoms with Crippen LogP contribution in [0.25, 0.3) is 0 Å². The Labute approximate surface area is 123 Å². The number of hydrogen-bond donors (Lipinski definition) is 0. The molecule has 0 N–H and O–H groups in total. The quantitative estimate of drug-likeness (QED) is 0.470. The van der Waals surface area contributed by atoms with Crippen LogP contribution in [-0.2, 0) is 5.41 Å². The minimum atomic E-state index is 0. The lowest BCUT2D eigenvalue weighted by Crippen LogP contribution is -2.10. The Bertz CT molecular complexity index is 269. The zero-order valence-electron chi connectivity index (χ0n) is 14.1. The lowest BCUT2D eigenvalue weighted by atomic mass is 9.87. The molecule has 0 atom stereocenters. The standard InChI is InChI=1S/C10H14.C6H14.C2H6.CH4/c1-10(2,3)9-7-5-4-6-8-9;1-5-6(2,3)4;1-2;/h4-8H,1-3H3;5H2,1-4H3;1-2H3;1H4. The topological polar surface area (TPSA) is 0 Å². The Balaban J connectivity index is -0.000000249. The molecule has 0 spiro atoms. The summed E-state index contributed by atoms with van der Waals surface area (Å²) < 4.78 is 0. The van der Waals surface area contributed by atoms with Crippen molar-refractivity contribution in [2.24, 2.45) is 5.41 Å². The van der Waals surface area contributed by atoms with Gasteiger partial charge in [0.25, 0.3) is 0 Å². The fourth-order valence-corrected chi connectivity index (χ4v) is 0.938. The van der Waals surface area contributed by atoms with Crippen molar-refractivity contribution in [2.45, 2.75) is 81.6 Å². The van der Waals surface area contributed by atoms with Crippen LogP contribution in [0, 0.1) is 5.41 Å². The average Bonchev–Trinajstić information content (AvgIpc) is 2.32. The van der Waals surface area contributed by atoms with Gasteiger partial charge >= 0.3 is 0 Å². The molecule has 19 heavy (non-hydrogen) atoms. The lowest BCUT2D eigenvalue weighted by molar-refractivity contribution is 0.398.